The van der Waals surface area contributed by atoms with Gasteiger partial charge in [-0.1, -0.05) is 17.7 Å². The monoisotopic (exact) mass is 599 g/mol. The molecule has 41 heavy (non-hydrogen) atoms. The van der Waals surface area contributed by atoms with Crippen molar-refractivity contribution in [2.45, 2.75) is 51.6 Å². The summed E-state index contributed by atoms with van der Waals surface area (Å²) < 4.78 is 61.8. The van der Waals surface area contributed by atoms with Gasteiger partial charge < -0.3 is 15.1 Å². The molecule has 3 aromatic rings. The van der Waals surface area contributed by atoms with Crippen LogP contribution in [0.3, 0.4) is 0 Å². The Morgan fingerprint density at radius 3 is 2.20 bits per heavy atom. The minimum Gasteiger partial charge on any atom is -0.478 e. The van der Waals surface area contributed by atoms with Crippen LogP contribution in [0, 0.1) is 27.7 Å². The molecule has 0 fully saturated rings. The van der Waals surface area contributed by atoms with E-state index < -0.39 is 28.1 Å². The Kier molecular flexibility index (Phi) is 10.5. The van der Waals surface area contributed by atoms with Gasteiger partial charge >= 0.3 is 18.1 Å². The van der Waals surface area contributed by atoms with Crippen LogP contribution in [0.25, 0.3) is 0 Å². The first kappa shape index (κ1) is 33.1. The van der Waals surface area contributed by atoms with Gasteiger partial charge in [-0.25, -0.2) is 23.0 Å². The molecule has 3 rings (SSSR count). The number of carboxylic acid groups (broad SMARTS) is 2. The standard InChI is InChI=1S/C24H31N5O4S.C2HF3O2/c1-15-9-10-22(16(2)12-15)34(32,33)27-19-13-21(24(30)31)23(25-14-19)28(5)11-7-8-20-17(3)26-29(6)18(20)4;3-2(4,5)1(6)7/h9-10,12-14,27H,7-8,11H2,1-6H3,(H,30,31);(H,6,7). The number of aliphatic carboxylic acids is 1. The van der Waals surface area contributed by atoms with E-state index in [-0.39, 0.29) is 22.0 Å². The Bertz CT molecular complexity index is 1540. The van der Waals surface area contributed by atoms with Crippen LogP contribution in [-0.2, 0) is 28.3 Å². The summed E-state index contributed by atoms with van der Waals surface area (Å²) in [5, 5.41) is 21.3. The van der Waals surface area contributed by atoms with Crippen molar-refractivity contribution >= 4 is 33.5 Å². The van der Waals surface area contributed by atoms with Crippen LogP contribution >= 0.6 is 0 Å². The van der Waals surface area contributed by atoms with Crippen LogP contribution in [0.2, 0.25) is 0 Å². The minimum atomic E-state index is -5.08. The lowest BCUT2D eigenvalue weighted by atomic mass is 10.1. The number of alkyl halides is 3. The molecule has 0 amide bonds. The van der Waals surface area contributed by atoms with E-state index in [0.717, 1.165) is 29.8 Å². The van der Waals surface area contributed by atoms with Gasteiger partial charge in [0.05, 0.1) is 22.5 Å². The van der Waals surface area contributed by atoms with E-state index in [1.165, 1.54) is 23.9 Å². The molecule has 0 spiro atoms. The molecule has 0 atom stereocenters. The number of pyridine rings is 1. The first-order valence-corrected chi connectivity index (χ1v) is 13.7. The maximum atomic E-state index is 12.9. The normalized spacial score (nSPS) is 11.4. The van der Waals surface area contributed by atoms with E-state index in [0.29, 0.717) is 12.1 Å². The molecular weight excluding hydrogens is 567 g/mol. The summed E-state index contributed by atoms with van der Waals surface area (Å²) >= 11 is 0. The topological polar surface area (TPSA) is 155 Å². The van der Waals surface area contributed by atoms with Gasteiger partial charge in [-0.05, 0) is 63.8 Å². The smallest absolute Gasteiger partial charge is 0.478 e. The van der Waals surface area contributed by atoms with Gasteiger partial charge in [0.25, 0.3) is 10.0 Å². The number of carbonyl (C=O) groups is 2. The molecule has 0 saturated heterocycles. The Morgan fingerprint density at radius 2 is 1.71 bits per heavy atom. The number of halogens is 3. The van der Waals surface area contributed by atoms with Gasteiger partial charge in [0.2, 0.25) is 0 Å². The molecule has 3 N–H and O–H groups in total. The fraction of sp³-hybridized carbons (Fsp3) is 0.385. The molecule has 15 heteroatoms. The van der Waals surface area contributed by atoms with Gasteiger partial charge in [-0.3, -0.25) is 9.40 Å². The van der Waals surface area contributed by atoms with Crippen LogP contribution in [0.5, 0.6) is 0 Å². The first-order valence-electron chi connectivity index (χ1n) is 12.2. The Labute approximate surface area is 235 Å². The molecular formula is C26H32F3N5O6S. The molecule has 0 aliphatic carbocycles. The van der Waals surface area contributed by atoms with Crippen molar-refractivity contribution in [1.29, 1.82) is 0 Å². The zero-order valence-corrected chi connectivity index (χ0v) is 24.2. The SMILES string of the molecule is Cc1ccc(S(=O)(=O)Nc2cnc(N(C)CCCc3c(C)nn(C)c3C)c(C(=O)O)c2)c(C)c1.O=C(O)C(F)(F)F. The maximum absolute atomic E-state index is 12.9. The summed E-state index contributed by atoms with van der Waals surface area (Å²) in [5.41, 5.74) is 4.88. The van der Waals surface area contributed by atoms with Gasteiger partial charge in [-0.2, -0.15) is 18.3 Å². The lowest BCUT2D eigenvalue weighted by Gasteiger charge is -2.21. The fourth-order valence-electron chi connectivity index (χ4n) is 4.06. The van der Waals surface area contributed by atoms with Gasteiger partial charge in [-0.15, -0.1) is 0 Å². The van der Waals surface area contributed by atoms with E-state index >= 15 is 0 Å². The summed E-state index contributed by atoms with van der Waals surface area (Å²) in [6, 6.07) is 6.33. The number of aromatic nitrogens is 3. The molecule has 2 heterocycles. The molecule has 0 radical (unpaired) electrons. The highest BCUT2D eigenvalue weighted by Crippen LogP contribution is 2.25. The van der Waals surface area contributed by atoms with Crippen molar-refractivity contribution in [3.63, 3.8) is 0 Å². The van der Waals surface area contributed by atoms with Crippen molar-refractivity contribution < 1.29 is 41.4 Å². The minimum absolute atomic E-state index is 0.0722. The third-order valence-electron chi connectivity index (χ3n) is 6.15. The second-order valence-electron chi connectivity index (χ2n) is 9.38. The van der Waals surface area contributed by atoms with Crippen molar-refractivity contribution in [3.05, 3.63) is 64.1 Å². The van der Waals surface area contributed by atoms with Crippen LogP contribution in [0.15, 0.2) is 35.4 Å². The number of aromatic carboxylic acids is 1. The highest BCUT2D eigenvalue weighted by Gasteiger charge is 2.38. The van der Waals surface area contributed by atoms with Crippen LogP contribution in [0.4, 0.5) is 24.7 Å². The van der Waals surface area contributed by atoms with Gasteiger partial charge in [0.1, 0.15) is 11.4 Å². The molecule has 0 saturated carbocycles. The largest absolute Gasteiger partial charge is 0.490 e. The molecule has 0 bridgehead atoms. The van der Waals surface area contributed by atoms with E-state index in [1.807, 2.05) is 32.5 Å². The molecule has 1 aromatic carbocycles. The number of rotatable bonds is 9. The Balaban J connectivity index is 0.000000745. The lowest BCUT2D eigenvalue weighted by molar-refractivity contribution is -0.192. The number of benzene rings is 1. The summed E-state index contributed by atoms with van der Waals surface area (Å²) in [6.45, 7) is 8.19. The zero-order valence-electron chi connectivity index (χ0n) is 23.4. The number of anilines is 2. The molecule has 0 aliphatic rings. The number of sulfonamides is 1. The quantitative estimate of drug-likeness (QED) is 0.327. The second-order valence-corrected chi connectivity index (χ2v) is 11.0. The van der Waals surface area contributed by atoms with E-state index in [1.54, 1.807) is 31.0 Å². The number of hydrogen-bond donors (Lipinski definition) is 3. The molecule has 0 aliphatic heterocycles. The highest BCUT2D eigenvalue weighted by atomic mass is 32.2. The third kappa shape index (κ3) is 8.67. The first-order chi connectivity index (χ1) is 18.8. The van der Waals surface area contributed by atoms with Crippen molar-refractivity contribution in [2.75, 3.05) is 23.2 Å². The molecule has 0 unspecified atom stereocenters. The summed E-state index contributed by atoms with van der Waals surface area (Å²) in [7, 11) is -0.203. The lowest BCUT2D eigenvalue weighted by Crippen LogP contribution is -2.23. The summed E-state index contributed by atoms with van der Waals surface area (Å²) in [6.07, 6.45) is -2.15. The van der Waals surface area contributed by atoms with E-state index in [9.17, 15) is 31.5 Å². The van der Waals surface area contributed by atoms with Crippen LogP contribution in [-0.4, -0.2) is 65.1 Å². The van der Waals surface area contributed by atoms with Crippen molar-refractivity contribution in [2.24, 2.45) is 7.05 Å². The highest BCUT2D eigenvalue weighted by molar-refractivity contribution is 7.92. The van der Waals surface area contributed by atoms with E-state index in [4.69, 9.17) is 9.90 Å². The van der Waals surface area contributed by atoms with Crippen molar-refractivity contribution in [3.8, 4) is 0 Å². The van der Waals surface area contributed by atoms with Gasteiger partial charge in [0.15, 0.2) is 0 Å². The third-order valence-corrected chi connectivity index (χ3v) is 7.69. The van der Waals surface area contributed by atoms with Crippen molar-refractivity contribution in [1.82, 2.24) is 14.8 Å². The molecule has 11 nitrogen and oxygen atoms in total. The summed E-state index contributed by atoms with van der Waals surface area (Å²) in [4.78, 5) is 27.0. The van der Waals surface area contributed by atoms with E-state index in [2.05, 4.69) is 14.8 Å². The Morgan fingerprint density at radius 1 is 1.10 bits per heavy atom. The number of hydrogen-bond acceptors (Lipinski definition) is 7. The molecule has 224 valence electrons. The van der Waals surface area contributed by atoms with Gasteiger partial charge in [0, 0.05) is 26.3 Å². The van der Waals surface area contributed by atoms with Crippen LogP contribution < -0.4 is 9.62 Å². The summed E-state index contributed by atoms with van der Waals surface area (Å²) in [5.74, 6) is -3.66. The average molecular weight is 600 g/mol. The fourth-order valence-corrected chi connectivity index (χ4v) is 5.33. The predicted octanol–water partition coefficient (Wildman–Crippen LogP) is 4.25. The zero-order chi connectivity index (χ0) is 31.3. The number of nitrogens with one attached hydrogen (secondary N) is 1. The second kappa shape index (κ2) is 13.0. The number of carboxylic acids is 2. The Hall–Kier alpha value is -4.14. The number of aryl methyl sites for hydroxylation is 4. The predicted molar refractivity (Wildman–Crippen MR) is 146 cm³/mol. The average Bonchev–Trinajstić information content (AvgIpc) is 3.08. The molecule has 2 aromatic heterocycles. The van der Waals surface area contributed by atoms with Crippen LogP contribution in [0.1, 0.15) is 44.9 Å². The number of nitrogens with zero attached hydrogens (tertiary/aromatic N) is 4. The maximum Gasteiger partial charge on any atom is 0.490 e.